The van der Waals surface area contributed by atoms with Gasteiger partial charge in [-0.3, -0.25) is 0 Å². The van der Waals surface area contributed by atoms with Crippen LogP contribution >= 0.6 is 15.9 Å². The maximum absolute atomic E-state index is 13.4. The number of rotatable bonds is 4. The molecular weight excluding hydrogens is 261 g/mol. The fraction of sp³-hybridized carbons (Fsp3) is 0.455. The Labute approximate surface area is 97.7 Å². The number of halogens is 2. The number of nitrogens with two attached hydrogens (primary N) is 1. The molecule has 1 aromatic carbocycles. The first-order valence-electron chi connectivity index (χ1n) is 4.78. The van der Waals surface area contributed by atoms with Gasteiger partial charge in [0.25, 0.3) is 0 Å². The summed E-state index contributed by atoms with van der Waals surface area (Å²) < 4.78 is 19.4. The molecule has 84 valence electrons. The van der Waals surface area contributed by atoms with Crippen LogP contribution in [0.5, 0.6) is 0 Å². The number of hydrogen-bond donors (Lipinski definition) is 1. The fourth-order valence-corrected chi connectivity index (χ4v) is 1.76. The first-order valence-corrected chi connectivity index (χ1v) is 5.57. The molecule has 0 heterocycles. The first kappa shape index (κ1) is 12.6. The average Bonchev–Trinajstić information content (AvgIpc) is 2.21. The molecule has 0 aromatic heterocycles. The predicted octanol–water partition coefficient (Wildman–Crippen LogP) is 3.01. The molecule has 2 atom stereocenters. The maximum Gasteiger partial charge on any atom is 0.128 e. The van der Waals surface area contributed by atoms with Crippen molar-refractivity contribution >= 4 is 15.9 Å². The van der Waals surface area contributed by atoms with Gasteiger partial charge < -0.3 is 10.5 Å². The molecule has 0 radical (unpaired) electrons. The molecule has 2 unspecified atom stereocenters. The molecule has 2 nitrogen and oxygen atoms in total. The van der Waals surface area contributed by atoms with E-state index in [0.717, 1.165) is 4.47 Å². The highest BCUT2D eigenvalue weighted by Crippen LogP contribution is 2.23. The lowest BCUT2D eigenvalue weighted by Crippen LogP contribution is -2.19. The highest BCUT2D eigenvalue weighted by molar-refractivity contribution is 9.10. The van der Waals surface area contributed by atoms with E-state index in [1.54, 1.807) is 19.2 Å². The van der Waals surface area contributed by atoms with Crippen LogP contribution in [-0.2, 0) is 4.74 Å². The van der Waals surface area contributed by atoms with Crippen LogP contribution in [0.3, 0.4) is 0 Å². The minimum Gasteiger partial charge on any atom is -0.382 e. The van der Waals surface area contributed by atoms with Gasteiger partial charge in [-0.25, -0.2) is 4.39 Å². The zero-order valence-electron chi connectivity index (χ0n) is 8.84. The molecule has 1 aromatic rings. The maximum atomic E-state index is 13.4. The second kappa shape index (κ2) is 5.58. The zero-order chi connectivity index (χ0) is 11.4. The van der Waals surface area contributed by atoms with Gasteiger partial charge in [0.1, 0.15) is 5.82 Å². The smallest absolute Gasteiger partial charge is 0.128 e. The van der Waals surface area contributed by atoms with Crippen molar-refractivity contribution in [2.24, 2.45) is 5.73 Å². The number of ether oxygens (including phenoxy) is 1. The van der Waals surface area contributed by atoms with Crippen molar-refractivity contribution in [3.63, 3.8) is 0 Å². The molecule has 0 aliphatic heterocycles. The molecule has 0 aliphatic rings. The summed E-state index contributed by atoms with van der Waals surface area (Å²) in [6, 6.07) is 4.45. The van der Waals surface area contributed by atoms with Crippen LogP contribution in [0.15, 0.2) is 22.7 Å². The van der Waals surface area contributed by atoms with E-state index in [2.05, 4.69) is 15.9 Å². The quantitative estimate of drug-likeness (QED) is 0.917. The monoisotopic (exact) mass is 275 g/mol. The molecule has 2 N–H and O–H groups in total. The molecule has 15 heavy (non-hydrogen) atoms. The third-order valence-electron chi connectivity index (χ3n) is 2.35. The van der Waals surface area contributed by atoms with Crippen molar-refractivity contribution in [3.8, 4) is 0 Å². The summed E-state index contributed by atoms with van der Waals surface area (Å²) in [5.41, 5.74) is 6.42. The molecule has 1 rings (SSSR count). The lowest BCUT2D eigenvalue weighted by Gasteiger charge is -2.17. The van der Waals surface area contributed by atoms with E-state index in [-0.39, 0.29) is 18.0 Å². The summed E-state index contributed by atoms with van der Waals surface area (Å²) in [5.74, 6) is -0.269. The van der Waals surface area contributed by atoms with Crippen molar-refractivity contribution in [1.82, 2.24) is 0 Å². The topological polar surface area (TPSA) is 35.2 Å². The summed E-state index contributed by atoms with van der Waals surface area (Å²) >= 11 is 3.29. The van der Waals surface area contributed by atoms with Crippen molar-refractivity contribution in [2.45, 2.75) is 25.5 Å². The van der Waals surface area contributed by atoms with Gasteiger partial charge in [0, 0.05) is 23.2 Å². The molecule has 0 spiro atoms. The van der Waals surface area contributed by atoms with E-state index < -0.39 is 0 Å². The van der Waals surface area contributed by atoms with Gasteiger partial charge in [0.2, 0.25) is 0 Å². The second-order valence-electron chi connectivity index (χ2n) is 3.55. The summed E-state index contributed by atoms with van der Waals surface area (Å²) in [4.78, 5) is 0. The average molecular weight is 276 g/mol. The predicted molar refractivity (Wildman–Crippen MR) is 62.1 cm³/mol. The van der Waals surface area contributed by atoms with Gasteiger partial charge in [-0.2, -0.15) is 0 Å². The zero-order valence-corrected chi connectivity index (χ0v) is 10.4. The number of hydrogen-bond acceptors (Lipinski definition) is 2. The molecule has 0 saturated heterocycles. The highest BCUT2D eigenvalue weighted by Gasteiger charge is 2.14. The highest BCUT2D eigenvalue weighted by atomic mass is 79.9. The van der Waals surface area contributed by atoms with Crippen LogP contribution in [0.25, 0.3) is 0 Å². The van der Waals surface area contributed by atoms with Gasteiger partial charge in [0.15, 0.2) is 0 Å². The first-order chi connectivity index (χ1) is 7.04. The fourth-order valence-electron chi connectivity index (χ4n) is 1.38. The van der Waals surface area contributed by atoms with Crippen LogP contribution < -0.4 is 5.73 Å². The van der Waals surface area contributed by atoms with Gasteiger partial charge in [-0.05, 0) is 31.5 Å². The summed E-state index contributed by atoms with van der Waals surface area (Å²) in [6.45, 7) is 1.91. The third kappa shape index (κ3) is 3.55. The van der Waals surface area contributed by atoms with Gasteiger partial charge in [-0.1, -0.05) is 15.9 Å². The van der Waals surface area contributed by atoms with Crippen LogP contribution in [0, 0.1) is 5.82 Å². The lowest BCUT2D eigenvalue weighted by atomic mass is 10.0. The van der Waals surface area contributed by atoms with Crippen LogP contribution in [0.1, 0.15) is 24.9 Å². The molecule has 0 aliphatic carbocycles. The Morgan fingerprint density at radius 1 is 1.53 bits per heavy atom. The summed E-state index contributed by atoms with van der Waals surface area (Å²) in [6.07, 6.45) is 0.627. The standard InChI is InChI=1S/C11H15BrFNO/c1-7(15-2)5-11(14)9-6-8(12)3-4-10(9)13/h3-4,6-7,11H,5,14H2,1-2H3. The third-order valence-corrected chi connectivity index (χ3v) is 2.84. The van der Waals surface area contributed by atoms with Crippen molar-refractivity contribution in [3.05, 3.63) is 34.1 Å². The Morgan fingerprint density at radius 2 is 2.20 bits per heavy atom. The van der Waals surface area contributed by atoms with Crippen LogP contribution in [-0.4, -0.2) is 13.2 Å². The van der Waals surface area contributed by atoms with Gasteiger partial charge >= 0.3 is 0 Å². The second-order valence-corrected chi connectivity index (χ2v) is 4.47. The van der Waals surface area contributed by atoms with Crippen LogP contribution in [0.2, 0.25) is 0 Å². The van der Waals surface area contributed by atoms with Crippen molar-refractivity contribution in [2.75, 3.05) is 7.11 Å². The molecule has 0 fully saturated rings. The van der Waals surface area contributed by atoms with Gasteiger partial charge in [-0.15, -0.1) is 0 Å². The molecular formula is C11H15BrFNO. The Morgan fingerprint density at radius 3 is 2.80 bits per heavy atom. The van der Waals surface area contributed by atoms with E-state index in [1.807, 2.05) is 6.92 Å². The van der Waals surface area contributed by atoms with E-state index in [1.165, 1.54) is 6.07 Å². The lowest BCUT2D eigenvalue weighted by molar-refractivity contribution is 0.104. The Kier molecular flexibility index (Phi) is 4.70. The molecule has 0 amide bonds. The van der Waals surface area contributed by atoms with E-state index in [9.17, 15) is 4.39 Å². The Balaban J connectivity index is 2.80. The largest absolute Gasteiger partial charge is 0.382 e. The Bertz CT molecular complexity index is 332. The van der Waals surface area contributed by atoms with E-state index in [4.69, 9.17) is 10.5 Å². The molecule has 0 bridgehead atoms. The SMILES string of the molecule is COC(C)CC(N)c1cc(Br)ccc1F. The minimum absolute atomic E-state index is 0.0263. The van der Waals surface area contributed by atoms with Crippen molar-refractivity contribution in [1.29, 1.82) is 0 Å². The Hall–Kier alpha value is -0.450. The van der Waals surface area contributed by atoms with E-state index >= 15 is 0 Å². The van der Waals surface area contributed by atoms with Crippen molar-refractivity contribution < 1.29 is 9.13 Å². The minimum atomic E-state index is -0.336. The summed E-state index contributed by atoms with van der Waals surface area (Å²) in [7, 11) is 1.62. The molecule has 0 saturated carbocycles. The van der Waals surface area contributed by atoms with Gasteiger partial charge in [0.05, 0.1) is 6.10 Å². The number of benzene rings is 1. The van der Waals surface area contributed by atoms with E-state index in [0.29, 0.717) is 12.0 Å². The molecule has 4 heteroatoms. The normalized spacial score (nSPS) is 15.0. The van der Waals surface area contributed by atoms with Crippen LogP contribution in [0.4, 0.5) is 4.39 Å². The summed E-state index contributed by atoms with van der Waals surface area (Å²) in [5, 5.41) is 0. The number of methoxy groups -OCH3 is 1.